The van der Waals surface area contributed by atoms with E-state index in [-0.39, 0.29) is 23.7 Å². The summed E-state index contributed by atoms with van der Waals surface area (Å²) < 4.78 is 34.7. The maximum atomic E-state index is 12.6. The van der Waals surface area contributed by atoms with Crippen molar-refractivity contribution in [2.24, 2.45) is 0 Å². The first-order valence-electron chi connectivity index (χ1n) is 8.53. The molecular weight excluding hydrogens is 384 g/mol. The Morgan fingerprint density at radius 3 is 2.55 bits per heavy atom. The summed E-state index contributed by atoms with van der Waals surface area (Å²) in [7, 11) is 1.51. The highest BCUT2D eigenvalue weighted by molar-refractivity contribution is 5.74. The highest BCUT2D eigenvalue weighted by Crippen LogP contribution is 2.32. The van der Waals surface area contributed by atoms with E-state index in [0.29, 0.717) is 17.0 Å². The van der Waals surface area contributed by atoms with Gasteiger partial charge < -0.3 is 14.8 Å². The zero-order valence-electron chi connectivity index (χ0n) is 15.3. The van der Waals surface area contributed by atoms with Crippen LogP contribution in [0.2, 0.25) is 0 Å². The molecule has 0 saturated carbocycles. The number of pyridine rings is 1. The lowest BCUT2D eigenvalue weighted by atomic mass is 10.1. The lowest BCUT2D eigenvalue weighted by Gasteiger charge is -2.13. The minimum absolute atomic E-state index is 0.00756. The van der Waals surface area contributed by atoms with Gasteiger partial charge in [0, 0.05) is 36.0 Å². The average Bonchev–Trinajstić information content (AvgIpc) is 2.72. The van der Waals surface area contributed by atoms with Crippen molar-refractivity contribution >= 4 is 11.4 Å². The molecule has 0 saturated heterocycles. The minimum atomic E-state index is -2.96. The van der Waals surface area contributed by atoms with Crippen molar-refractivity contribution in [1.29, 1.82) is 0 Å². The number of aromatic nitrogens is 1. The Bertz CT molecular complexity index is 997. The molecule has 0 fully saturated rings. The zero-order chi connectivity index (χ0) is 20.8. The summed E-state index contributed by atoms with van der Waals surface area (Å²) in [6.45, 7) is -2.90. The molecule has 1 N–H and O–H groups in total. The van der Waals surface area contributed by atoms with Crippen molar-refractivity contribution in [3.05, 3.63) is 76.5 Å². The molecule has 2 aromatic carbocycles. The number of nitrogens with zero attached hydrogens (tertiary/aromatic N) is 2. The van der Waals surface area contributed by atoms with E-state index in [0.717, 1.165) is 5.56 Å². The summed E-state index contributed by atoms with van der Waals surface area (Å²) >= 11 is 0. The fourth-order valence-electron chi connectivity index (χ4n) is 2.74. The first-order chi connectivity index (χ1) is 14.0. The van der Waals surface area contributed by atoms with Gasteiger partial charge in [0.1, 0.15) is 11.4 Å². The number of halogens is 2. The lowest BCUT2D eigenvalue weighted by molar-refractivity contribution is -0.384. The molecule has 0 amide bonds. The molecule has 1 aromatic heterocycles. The van der Waals surface area contributed by atoms with E-state index in [1.807, 2.05) is 0 Å². The quantitative estimate of drug-likeness (QED) is 0.428. The van der Waals surface area contributed by atoms with E-state index < -0.39 is 11.5 Å². The molecule has 0 aliphatic rings. The number of alkyl halides is 2. The molecule has 0 unspecified atom stereocenters. The van der Waals surface area contributed by atoms with Gasteiger partial charge in [0.25, 0.3) is 5.69 Å². The van der Waals surface area contributed by atoms with E-state index in [9.17, 15) is 18.9 Å². The largest absolute Gasteiger partial charge is 0.481 e. The molecule has 150 valence electrons. The molecule has 0 spiro atoms. The summed E-state index contributed by atoms with van der Waals surface area (Å²) in [6.07, 6.45) is 1.59. The Morgan fingerprint density at radius 1 is 1.14 bits per heavy atom. The number of hydrogen-bond donors (Lipinski definition) is 1. The van der Waals surface area contributed by atoms with E-state index >= 15 is 0 Å². The monoisotopic (exact) mass is 401 g/mol. The van der Waals surface area contributed by atoms with Crippen LogP contribution in [0.1, 0.15) is 5.56 Å². The number of nitro benzene ring substituents is 1. The third-order valence-electron chi connectivity index (χ3n) is 4.13. The first kappa shape index (κ1) is 20.0. The molecule has 0 bridgehead atoms. The van der Waals surface area contributed by atoms with Gasteiger partial charge in [-0.2, -0.15) is 8.78 Å². The number of benzene rings is 2. The predicted octanol–water partition coefficient (Wildman–Crippen LogP) is 4.88. The van der Waals surface area contributed by atoms with E-state index in [2.05, 4.69) is 15.0 Å². The molecule has 1 heterocycles. The Labute approximate surface area is 165 Å². The van der Waals surface area contributed by atoms with Crippen molar-refractivity contribution in [2.75, 3.05) is 12.4 Å². The van der Waals surface area contributed by atoms with Crippen LogP contribution < -0.4 is 14.8 Å². The first-order valence-corrected chi connectivity index (χ1v) is 8.53. The van der Waals surface area contributed by atoms with E-state index in [1.165, 1.54) is 19.2 Å². The van der Waals surface area contributed by atoms with E-state index in [4.69, 9.17) is 4.74 Å². The van der Waals surface area contributed by atoms with Gasteiger partial charge in [-0.05, 0) is 29.8 Å². The van der Waals surface area contributed by atoms with Crippen LogP contribution in [0.4, 0.5) is 20.2 Å². The Balaban J connectivity index is 1.88. The van der Waals surface area contributed by atoms with Crippen molar-refractivity contribution in [2.45, 2.75) is 13.2 Å². The Hall–Kier alpha value is -3.75. The Kier molecular flexibility index (Phi) is 6.18. The molecule has 0 radical (unpaired) electrons. The smallest absolute Gasteiger partial charge is 0.387 e. The predicted molar refractivity (Wildman–Crippen MR) is 103 cm³/mol. The highest BCUT2D eigenvalue weighted by Gasteiger charge is 2.16. The number of anilines is 1. The fraction of sp³-hybridized carbons (Fsp3) is 0.150. The molecule has 0 aliphatic carbocycles. The molecule has 3 rings (SSSR count). The molecule has 9 heteroatoms. The third-order valence-corrected chi connectivity index (χ3v) is 4.13. The van der Waals surface area contributed by atoms with Crippen LogP contribution in [0.25, 0.3) is 11.1 Å². The van der Waals surface area contributed by atoms with Crippen molar-refractivity contribution < 1.29 is 23.2 Å². The van der Waals surface area contributed by atoms with Gasteiger partial charge in [0.05, 0.1) is 12.0 Å². The molecule has 29 heavy (non-hydrogen) atoms. The minimum Gasteiger partial charge on any atom is -0.481 e. The van der Waals surface area contributed by atoms with Gasteiger partial charge in [0.2, 0.25) is 5.88 Å². The summed E-state index contributed by atoms with van der Waals surface area (Å²) in [6, 6.07) is 14.3. The zero-order valence-corrected chi connectivity index (χ0v) is 15.3. The van der Waals surface area contributed by atoms with Gasteiger partial charge in [-0.3, -0.25) is 10.1 Å². The maximum absolute atomic E-state index is 12.6. The second-order valence-corrected chi connectivity index (χ2v) is 5.92. The molecule has 3 aromatic rings. The topological polar surface area (TPSA) is 86.5 Å². The van der Waals surface area contributed by atoms with Gasteiger partial charge in [-0.25, -0.2) is 4.98 Å². The number of ether oxygens (including phenoxy) is 2. The van der Waals surface area contributed by atoms with Crippen molar-refractivity contribution in [1.82, 2.24) is 4.98 Å². The van der Waals surface area contributed by atoms with Crippen LogP contribution >= 0.6 is 0 Å². The lowest BCUT2D eigenvalue weighted by Crippen LogP contribution is -2.08. The SMILES string of the molecule is COc1ccc(-c2ccc([N+](=O)[O-])c(NCc3ccccc3OC(F)F)c2)cn1. The van der Waals surface area contributed by atoms with Gasteiger partial charge in [-0.1, -0.05) is 18.2 Å². The summed E-state index contributed by atoms with van der Waals surface area (Å²) in [5.41, 5.74) is 1.99. The number of hydrogen-bond acceptors (Lipinski definition) is 6. The van der Waals surface area contributed by atoms with Gasteiger partial charge in [0.15, 0.2) is 0 Å². The number of rotatable bonds is 8. The summed E-state index contributed by atoms with van der Waals surface area (Å²) in [4.78, 5) is 15.0. The standard InChI is InChI=1S/C20H17F2N3O4/c1-28-19-9-7-14(11-24-19)13-6-8-17(25(26)27)16(10-13)23-12-15-4-2-3-5-18(15)29-20(21)22/h2-11,20,23H,12H2,1H3. The maximum Gasteiger partial charge on any atom is 0.387 e. The number of nitro groups is 1. The normalized spacial score (nSPS) is 10.6. The summed E-state index contributed by atoms with van der Waals surface area (Å²) in [5, 5.41) is 14.3. The molecular formula is C20H17F2N3O4. The van der Waals surface area contributed by atoms with Crippen LogP contribution in [-0.2, 0) is 6.54 Å². The fourth-order valence-corrected chi connectivity index (χ4v) is 2.74. The van der Waals surface area contributed by atoms with Crippen LogP contribution in [-0.4, -0.2) is 23.6 Å². The number of para-hydroxylation sites is 1. The molecule has 7 nitrogen and oxygen atoms in total. The van der Waals surface area contributed by atoms with Crippen molar-refractivity contribution in [3.8, 4) is 22.8 Å². The highest BCUT2D eigenvalue weighted by atomic mass is 19.3. The average molecular weight is 401 g/mol. The second kappa shape index (κ2) is 8.96. The van der Waals surface area contributed by atoms with Crippen LogP contribution in [0, 0.1) is 10.1 Å². The van der Waals surface area contributed by atoms with Gasteiger partial charge >= 0.3 is 6.61 Å². The van der Waals surface area contributed by atoms with Crippen molar-refractivity contribution in [3.63, 3.8) is 0 Å². The summed E-state index contributed by atoms with van der Waals surface area (Å²) in [5.74, 6) is 0.456. The number of nitrogens with one attached hydrogen (secondary N) is 1. The van der Waals surface area contributed by atoms with Gasteiger partial charge in [-0.15, -0.1) is 0 Å². The third kappa shape index (κ3) is 4.95. The molecule has 0 aliphatic heterocycles. The second-order valence-electron chi connectivity index (χ2n) is 5.92. The van der Waals surface area contributed by atoms with E-state index in [1.54, 1.807) is 48.7 Å². The van der Waals surface area contributed by atoms with Crippen LogP contribution in [0.5, 0.6) is 11.6 Å². The Morgan fingerprint density at radius 2 is 1.90 bits per heavy atom. The number of methoxy groups -OCH3 is 1. The molecule has 0 atom stereocenters. The van der Waals surface area contributed by atoms with Crippen LogP contribution in [0.3, 0.4) is 0 Å². The van der Waals surface area contributed by atoms with Crippen LogP contribution in [0.15, 0.2) is 60.8 Å².